The Kier molecular flexibility index (Phi) is 6.02. The van der Waals surface area contributed by atoms with Gasteiger partial charge < -0.3 is 19.9 Å². The van der Waals surface area contributed by atoms with Crippen molar-refractivity contribution < 1.29 is 14.7 Å². The second kappa shape index (κ2) is 8.32. The molecule has 8 heteroatoms. The van der Waals surface area contributed by atoms with E-state index in [1.54, 1.807) is 29.4 Å². The van der Waals surface area contributed by atoms with Crippen molar-refractivity contribution in [3.63, 3.8) is 0 Å². The molecule has 0 bridgehead atoms. The zero-order chi connectivity index (χ0) is 21.2. The Hall–Kier alpha value is -2.74. The summed E-state index contributed by atoms with van der Waals surface area (Å²) in [6.45, 7) is 9.07. The van der Waals surface area contributed by atoms with Crippen LogP contribution >= 0.6 is 0 Å². The van der Waals surface area contributed by atoms with Crippen LogP contribution in [0.5, 0.6) is 0 Å². The maximum Gasteiger partial charge on any atom is 0.287 e. The maximum absolute atomic E-state index is 12.8. The molecule has 156 valence electrons. The van der Waals surface area contributed by atoms with Gasteiger partial charge in [0.25, 0.3) is 11.8 Å². The number of aliphatic hydroxyl groups excluding tert-OH is 1. The zero-order valence-corrected chi connectivity index (χ0v) is 17.5. The molecule has 0 fully saturated rings. The van der Waals surface area contributed by atoms with Crippen molar-refractivity contribution in [2.75, 3.05) is 19.7 Å². The number of hydrogen-bond donors (Lipinski definition) is 2. The topological polar surface area (TPSA) is 100 Å². The molecule has 0 aromatic carbocycles. The smallest absolute Gasteiger partial charge is 0.287 e. The van der Waals surface area contributed by atoms with Crippen molar-refractivity contribution in [3.8, 4) is 0 Å². The van der Waals surface area contributed by atoms with Gasteiger partial charge in [-0.25, -0.2) is 4.98 Å². The van der Waals surface area contributed by atoms with E-state index in [-0.39, 0.29) is 24.5 Å². The molecule has 1 aliphatic heterocycles. The number of aromatic nitrogens is 3. The standard InChI is InChI=1S/C21H29N5O3/c1-14(2)26-17-7-9-25(20(29)15-6-5-8-22-10-15)11-16(17)24-18(26)19(28)23-12-21(3,4)13-27/h5-6,8,10,14,27H,7,9,11-13H2,1-4H3,(H,23,28). The molecule has 0 unspecified atom stereocenters. The molecular weight excluding hydrogens is 370 g/mol. The monoisotopic (exact) mass is 399 g/mol. The number of amides is 2. The Bertz CT molecular complexity index is 889. The second-order valence-electron chi connectivity index (χ2n) is 8.52. The Morgan fingerprint density at radius 3 is 2.72 bits per heavy atom. The molecule has 0 saturated heterocycles. The van der Waals surface area contributed by atoms with Gasteiger partial charge >= 0.3 is 0 Å². The Morgan fingerprint density at radius 1 is 1.34 bits per heavy atom. The van der Waals surface area contributed by atoms with Crippen LogP contribution in [-0.4, -0.2) is 56.1 Å². The maximum atomic E-state index is 12.8. The third kappa shape index (κ3) is 4.48. The van der Waals surface area contributed by atoms with E-state index in [0.29, 0.717) is 37.4 Å². The molecule has 0 atom stereocenters. The van der Waals surface area contributed by atoms with Crippen LogP contribution in [0, 0.1) is 5.41 Å². The first-order valence-corrected chi connectivity index (χ1v) is 9.92. The van der Waals surface area contributed by atoms with Crippen molar-refractivity contribution in [1.29, 1.82) is 0 Å². The summed E-state index contributed by atoms with van der Waals surface area (Å²) in [4.78, 5) is 36.0. The molecule has 8 nitrogen and oxygen atoms in total. The minimum Gasteiger partial charge on any atom is -0.396 e. The molecule has 2 aromatic rings. The Morgan fingerprint density at radius 2 is 2.10 bits per heavy atom. The predicted octanol–water partition coefficient (Wildman–Crippen LogP) is 1.81. The summed E-state index contributed by atoms with van der Waals surface area (Å²) < 4.78 is 1.96. The number of pyridine rings is 1. The van der Waals surface area contributed by atoms with Crippen LogP contribution in [0.4, 0.5) is 0 Å². The highest BCUT2D eigenvalue weighted by Gasteiger charge is 2.30. The lowest BCUT2D eigenvalue weighted by Gasteiger charge is -2.28. The summed E-state index contributed by atoms with van der Waals surface area (Å²) in [5.41, 5.74) is 1.90. The zero-order valence-electron chi connectivity index (χ0n) is 17.5. The van der Waals surface area contributed by atoms with Crippen LogP contribution in [0.1, 0.15) is 66.1 Å². The SMILES string of the molecule is CC(C)n1c(C(=O)NCC(C)(C)CO)nc2c1CCN(C(=O)c1cccnc1)C2. The van der Waals surface area contributed by atoms with Crippen molar-refractivity contribution >= 4 is 11.8 Å². The van der Waals surface area contributed by atoms with Gasteiger partial charge in [0.05, 0.1) is 17.8 Å². The van der Waals surface area contributed by atoms with E-state index < -0.39 is 5.41 Å². The number of fused-ring (bicyclic) bond motifs is 1. The summed E-state index contributed by atoms with van der Waals surface area (Å²) in [7, 11) is 0. The lowest BCUT2D eigenvalue weighted by molar-refractivity contribution is 0.0730. The fourth-order valence-electron chi connectivity index (χ4n) is 3.42. The molecule has 0 aliphatic carbocycles. The van der Waals surface area contributed by atoms with Gasteiger partial charge in [-0.3, -0.25) is 14.6 Å². The average molecular weight is 399 g/mol. The number of rotatable bonds is 6. The summed E-state index contributed by atoms with van der Waals surface area (Å²) in [5, 5.41) is 12.3. The highest BCUT2D eigenvalue weighted by atomic mass is 16.3. The predicted molar refractivity (Wildman–Crippen MR) is 108 cm³/mol. The van der Waals surface area contributed by atoms with E-state index in [0.717, 1.165) is 11.4 Å². The first-order chi connectivity index (χ1) is 13.7. The van der Waals surface area contributed by atoms with E-state index in [9.17, 15) is 14.7 Å². The van der Waals surface area contributed by atoms with Crippen LogP contribution < -0.4 is 5.32 Å². The fourth-order valence-corrected chi connectivity index (χ4v) is 3.42. The number of nitrogens with zero attached hydrogens (tertiary/aromatic N) is 4. The third-order valence-electron chi connectivity index (χ3n) is 5.12. The van der Waals surface area contributed by atoms with Gasteiger partial charge in [-0.05, 0) is 26.0 Å². The molecule has 3 rings (SSSR count). The molecule has 0 spiro atoms. The molecule has 2 amide bonds. The van der Waals surface area contributed by atoms with Crippen molar-refractivity contribution in [3.05, 3.63) is 47.3 Å². The summed E-state index contributed by atoms with van der Waals surface area (Å²) >= 11 is 0. The molecule has 2 N–H and O–H groups in total. The van der Waals surface area contributed by atoms with Crippen LogP contribution in [0.25, 0.3) is 0 Å². The van der Waals surface area contributed by atoms with Gasteiger partial charge in [0, 0.05) is 55.7 Å². The van der Waals surface area contributed by atoms with E-state index >= 15 is 0 Å². The van der Waals surface area contributed by atoms with Crippen LogP contribution in [-0.2, 0) is 13.0 Å². The molecule has 0 radical (unpaired) electrons. The minimum absolute atomic E-state index is 0.0200. The number of nitrogens with one attached hydrogen (secondary N) is 1. The quantitative estimate of drug-likeness (QED) is 0.772. The number of aliphatic hydroxyl groups is 1. The summed E-state index contributed by atoms with van der Waals surface area (Å²) in [6, 6.07) is 3.56. The number of imidazole rings is 1. The van der Waals surface area contributed by atoms with Crippen LogP contribution in [0.3, 0.4) is 0 Å². The van der Waals surface area contributed by atoms with Gasteiger partial charge in [-0.2, -0.15) is 0 Å². The first kappa shape index (κ1) is 21.0. The highest BCUT2D eigenvalue weighted by molar-refractivity contribution is 5.94. The Labute approximate surface area is 171 Å². The van der Waals surface area contributed by atoms with E-state index in [1.807, 2.05) is 32.3 Å². The number of carbonyl (C=O) groups excluding carboxylic acids is 2. The molecule has 1 aliphatic rings. The molecular formula is C21H29N5O3. The number of carbonyl (C=O) groups is 2. The first-order valence-electron chi connectivity index (χ1n) is 9.92. The lowest BCUT2D eigenvalue weighted by atomic mass is 9.95. The van der Waals surface area contributed by atoms with Gasteiger partial charge in [0.15, 0.2) is 5.82 Å². The van der Waals surface area contributed by atoms with E-state index in [1.165, 1.54) is 0 Å². The van der Waals surface area contributed by atoms with Crippen molar-refractivity contribution in [1.82, 2.24) is 24.8 Å². The van der Waals surface area contributed by atoms with Crippen LogP contribution in [0.15, 0.2) is 24.5 Å². The van der Waals surface area contributed by atoms with Gasteiger partial charge in [0.2, 0.25) is 0 Å². The van der Waals surface area contributed by atoms with Gasteiger partial charge in [-0.1, -0.05) is 13.8 Å². The average Bonchev–Trinajstić information content (AvgIpc) is 3.11. The van der Waals surface area contributed by atoms with Gasteiger partial charge in [0.1, 0.15) is 0 Å². The fraction of sp³-hybridized carbons (Fsp3) is 0.524. The normalized spacial score (nSPS) is 14.1. The van der Waals surface area contributed by atoms with E-state index in [2.05, 4.69) is 15.3 Å². The van der Waals surface area contributed by atoms with Crippen molar-refractivity contribution in [2.24, 2.45) is 5.41 Å². The molecule has 3 heterocycles. The Balaban J connectivity index is 1.83. The largest absolute Gasteiger partial charge is 0.396 e. The molecule has 29 heavy (non-hydrogen) atoms. The summed E-state index contributed by atoms with van der Waals surface area (Å²) in [5.74, 6) is 0.00715. The van der Waals surface area contributed by atoms with Crippen molar-refractivity contribution in [2.45, 2.75) is 46.7 Å². The van der Waals surface area contributed by atoms with Crippen LogP contribution in [0.2, 0.25) is 0 Å². The third-order valence-corrected chi connectivity index (χ3v) is 5.12. The number of hydrogen-bond acceptors (Lipinski definition) is 5. The second-order valence-corrected chi connectivity index (χ2v) is 8.52. The minimum atomic E-state index is -0.405. The van der Waals surface area contributed by atoms with E-state index in [4.69, 9.17) is 0 Å². The summed E-state index contributed by atoms with van der Waals surface area (Å²) in [6.07, 6.45) is 3.84. The lowest BCUT2D eigenvalue weighted by Crippen LogP contribution is -2.37. The van der Waals surface area contributed by atoms with Gasteiger partial charge in [-0.15, -0.1) is 0 Å². The molecule has 0 saturated carbocycles. The molecule has 2 aromatic heterocycles. The highest BCUT2D eigenvalue weighted by Crippen LogP contribution is 2.25.